The highest BCUT2D eigenvalue weighted by molar-refractivity contribution is 6.22. The third kappa shape index (κ3) is 2.73. The van der Waals surface area contributed by atoms with Crippen molar-refractivity contribution < 1.29 is 4.42 Å². The second kappa shape index (κ2) is 4.58. The molecule has 1 atom stereocenters. The van der Waals surface area contributed by atoms with Crippen LogP contribution in [0.3, 0.4) is 0 Å². The topological polar surface area (TPSA) is 13.1 Å². The molecule has 0 N–H and O–H groups in total. The molecule has 0 saturated heterocycles. The molecule has 2 rings (SSSR count). The lowest BCUT2D eigenvalue weighted by molar-refractivity contribution is 0.564. The van der Waals surface area contributed by atoms with E-state index in [4.69, 9.17) is 16.0 Å². The second-order valence-electron chi connectivity index (χ2n) is 5.29. The molecule has 2 aromatic rings. The summed E-state index contributed by atoms with van der Waals surface area (Å²) in [4.78, 5) is 0. The average Bonchev–Trinajstić information content (AvgIpc) is 2.80. The van der Waals surface area contributed by atoms with E-state index in [0.29, 0.717) is 0 Å². The lowest BCUT2D eigenvalue weighted by Gasteiger charge is -2.19. The van der Waals surface area contributed by atoms with E-state index in [1.807, 2.05) is 6.07 Å². The molecule has 1 aromatic heterocycles. The molecule has 0 radical (unpaired) electrons. The highest BCUT2D eigenvalue weighted by atomic mass is 35.5. The van der Waals surface area contributed by atoms with E-state index in [2.05, 4.69) is 45.0 Å². The van der Waals surface area contributed by atoms with E-state index >= 15 is 0 Å². The van der Waals surface area contributed by atoms with Crippen LogP contribution in [0, 0.1) is 0 Å². The molecule has 1 unspecified atom stereocenters. The summed E-state index contributed by atoms with van der Waals surface area (Å²) in [7, 11) is 0. The van der Waals surface area contributed by atoms with E-state index in [-0.39, 0.29) is 10.8 Å². The average molecular weight is 249 g/mol. The number of hydrogen-bond donors (Lipinski definition) is 0. The SMILES string of the molecule is CC(C)(C)c1ccc(C(Cl)c2ccoc2)cc1. The minimum absolute atomic E-state index is 0.136. The van der Waals surface area contributed by atoms with Crippen molar-refractivity contribution in [2.24, 2.45) is 0 Å². The van der Waals surface area contributed by atoms with Gasteiger partial charge in [0.1, 0.15) is 0 Å². The van der Waals surface area contributed by atoms with Gasteiger partial charge in [-0.1, -0.05) is 45.0 Å². The molecule has 1 heterocycles. The van der Waals surface area contributed by atoms with Crippen LogP contribution in [0.1, 0.15) is 42.8 Å². The van der Waals surface area contributed by atoms with Crippen molar-refractivity contribution in [1.29, 1.82) is 0 Å². The summed E-state index contributed by atoms with van der Waals surface area (Å²) in [6.45, 7) is 6.61. The second-order valence-corrected chi connectivity index (χ2v) is 5.73. The lowest BCUT2D eigenvalue weighted by atomic mass is 9.86. The normalized spacial score (nSPS) is 13.6. The first-order valence-electron chi connectivity index (χ1n) is 5.75. The fraction of sp³-hybridized carbons (Fsp3) is 0.333. The van der Waals surface area contributed by atoms with Crippen molar-refractivity contribution >= 4 is 11.6 Å². The Bertz CT molecular complexity index is 463. The predicted octanol–water partition coefficient (Wildman–Crippen LogP) is 4.91. The van der Waals surface area contributed by atoms with E-state index in [9.17, 15) is 0 Å². The maximum atomic E-state index is 6.38. The Morgan fingerprint density at radius 1 is 1.00 bits per heavy atom. The molecule has 1 aromatic carbocycles. The number of rotatable bonds is 2. The fourth-order valence-electron chi connectivity index (χ4n) is 1.76. The van der Waals surface area contributed by atoms with Crippen molar-refractivity contribution in [1.82, 2.24) is 0 Å². The van der Waals surface area contributed by atoms with Crippen LogP contribution in [0.5, 0.6) is 0 Å². The molecule has 0 amide bonds. The van der Waals surface area contributed by atoms with E-state index in [1.165, 1.54) is 5.56 Å². The minimum Gasteiger partial charge on any atom is -0.472 e. The third-order valence-corrected chi connectivity index (χ3v) is 3.41. The van der Waals surface area contributed by atoms with Crippen LogP contribution in [0.15, 0.2) is 47.3 Å². The molecule has 0 spiro atoms. The Morgan fingerprint density at radius 3 is 2.12 bits per heavy atom. The molecular formula is C15H17ClO. The smallest absolute Gasteiger partial charge is 0.0952 e. The first-order chi connectivity index (χ1) is 7.98. The van der Waals surface area contributed by atoms with Crippen molar-refractivity contribution in [2.75, 3.05) is 0 Å². The Morgan fingerprint density at radius 2 is 1.65 bits per heavy atom. The highest BCUT2D eigenvalue weighted by Crippen LogP contribution is 2.30. The van der Waals surface area contributed by atoms with E-state index in [0.717, 1.165) is 11.1 Å². The summed E-state index contributed by atoms with van der Waals surface area (Å²) in [5, 5.41) is -0.136. The molecular weight excluding hydrogens is 232 g/mol. The largest absolute Gasteiger partial charge is 0.472 e. The van der Waals surface area contributed by atoms with Crippen molar-refractivity contribution in [3.63, 3.8) is 0 Å². The van der Waals surface area contributed by atoms with Gasteiger partial charge in [-0.3, -0.25) is 0 Å². The molecule has 0 bridgehead atoms. The van der Waals surface area contributed by atoms with Crippen LogP contribution in [0.25, 0.3) is 0 Å². The fourth-order valence-corrected chi connectivity index (χ4v) is 2.03. The van der Waals surface area contributed by atoms with Crippen LogP contribution in [-0.2, 0) is 5.41 Å². The van der Waals surface area contributed by atoms with Crippen LogP contribution in [-0.4, -0.2) is 0 Å². The van der Waals surface area contributed by atoms with Crippen molar-refractivity contribution in [3.05, 3.63) is 59.5 Å². The minimum atomic E-state index is -0.136. The number of furan rings is 1. The van der Waals surface area contributed by atoms with Gasteiger partial charge in [0.25, 0.3) is 0 Å². The number of halogens is 1. The zero-order valence-corrected chi connectivity index (χ0v) is 11.2. The molecule has 0 fully saturated rings. The van der Waals surface area contributed by atoms with E-state index in [1.54, 1.807) is 12.5 Å². The lowest BCUT2D eigenvalue weighted by Crippen LogP contribution is -2.10. The zero-order valence-electron chi connectivity index (χ0n) is 10.4. The maximum Gasteiger partial charge on any atom is 0.0952 e. The Labute approximate surface area is 107 Å². The van der Waals surface area contributed by atoms with Gasteiger partial charge in [0.15, 0.2) is 0 Å². The van der Waals surface area contributed by atoms with Crippen LogP contribution < -0.4 is 0 Å². The summed E-state index contributed by atoms with van der Waals surface area (Å²) >= 11 is 6.38. The molecule has 17 heavy (non-hydrogen) atoms. The first kappa shape index (κ1) is 12.3. The summed E-state index contributed by atoms with van der Waals surface area (Å²) in [6, 6.07) is 10.4. The summed E-state index contributed by atoms with van der Waals surface area (Å²) < 4.78 is 5.05. The van der Waals surface area contributed by atoms with Gasteiger partial charge in [-0.2, -0.15) is 0 Å². The van der Waals surface area contributed by atoms with Gasteiger partial charge in [0.05, 0.1) is 17.9 Å². The van der Waals surface area contributed by atoms with Gasteiger partial charge in [-0.05, 0) is 22.6 Å². The molecule has 2 heteroatoms. The maximum absolute atomic E-state index is 6.38. The third-order valence-electron chi connectivity index (χ3n) is 2.91. The van der Waals surface area contributed by atoms with Gasteiger partial charge in [-0.25, -0.2) is 0 Å². The monoisotopic (exact) mass is 248 g/mol. The van der Waals surface area contributed by atoms with Gasteiger partial charge in [0, 0.05) is 5.56 Å². The molecule has 0 saturated carbocycles. The molecule has 1 nitrogen and oxygen atoms in total. The van der Waals surface area contributed by atoms with E-state index < -0.39 is 0 Å². The number of alkyl halides is 1. The molecule has 0 aliphatic heterocycles. The summed E-state index contributed by atoms with van der Waals surface area (Å²) in [5.41, 5.74) is 3.59. The first-order valence-corrected chi connectivity index (χ1v) is 6.19. The van der Waals surface area contributed by atoms with Crippen LogP contribution in [0.4, 0.5) is 0 Å². The predicted molar refractivity (Wildman–Crippen MR) is 71.5 cm³/mol. The Balaban J connectivity index is 2.24. The van der Waals surface area contributed by atoms with Gasteiger partial charge in [-0.15, -0.1) is 11.6 Å². The standard InChI is InChI=1S/C15H17ClO/c1-15(2,3)13-6-4-11(5-7-13)14(16)12-8-9-17-10-12/h4-10,14H,1-3H3. The van der Waals surface area contributed by atoms with Crippen LogP contribution >= 0.6 is 11.6 Å². The van der Waals surface area contributed by atoms with Gasteiger partial charge in [0.2, 0.25) is 0 Å². The van der Waals surface area contributed by atoms with Gasteiger partial charge >= 0.3 is 0 Å². The quantitative estimate of drug-likeness (QED) is 0.689. The van der Waals surface area contributed by atoms with Crippen LogP contribution in [0.2, 0.25) is 0 Å². The molecule has 0 aliphatic carbocycles. The number of benzene rings is 1. The Hall–Kier alpha value is -1.21. The number of hydrogen-bond acceptors (Lipinski definition) is 1. The zero-order chi connectivity index (χ0) is 12.5. The van der Waals surface area contributed by atoms with Crippen molar-refractivity contribution in [2.45, 2.75) is 31.6 Å². The highest BCUT2D eigenvalue weighted by Gasteiger charge is 2.15. The molecule has 0 aliphatic rings. The van der Waals surface area contributed by atoms with Crippen molar-refractivity contribution in [3.8, 4) is 0 Å². The Kier molecular flexibility index (Phi) is 3.30. The summed E-state index contributed by atoms with van der Waals surface area (Å²) in [5.74, 6) is 0. The summed E-state index contributed by atoms with van der Waals surface area (Å²) in [6.07, 6.45) is 3.34. The molecule has 90 valence electrons. The van der Waals surface area contributed by atoms with Gasteiger partial charge < -0.3 is 4.42 Å².